The first kappa shape index (κ1) is 10.1. The molecule has 3 N–H and O–H groups in total. The van der Waals surface area contributed by atoms with Crippen molar-refractivity contribution < 1.29 is 4.74 Å². The van der Waals surface area contributed by atoms with E-state index in [0.717, 1.165) is 30.7 Å². The van der Waals surface area contributed by atoms with E-state index in [1.54, 1.807) is 7.11 Å². The zero-order valence-electron chi connectivity index (χ0n) is 8.92. The van der Waals surface area contributed by atoms with Gasteiger partial charge in [-0.05, 0) is 43.0 Å². The van der Waals surface area contributed by atoms with Crippen LogP contribution < -0.4 is 10.5 Å². The van der Waals surface area contributed by atoms with Crippen molar-refractivity contribution >= 4 is 10.9 Å². The van der Waals surface area contributed by atoms with E-state index in [9.17, 15) is 0 Å². The highest BCUT2D eigenvalue weighted by atomic mass is 16.5. The van der Waals surface area contributed by atoms with Gasteiger partial charge < -0.3 is 15.5 Å². The minimum absolute atomic E-state index is 0.735. The van der Waals surface area contributed by atoms with Gasteiger partial charge in [0.15, 0.2) is 0 Å². The smallest absolute Gasteiger partial charge is 0.120 e. The molecule has 0 fully saturated rings. The van der Waals surface area contributed by atoms with Gasteiger partial charge in [0.1, 0.15) is 5.75 Å². The van der Waals surface area contributed by atoms with Crippen LogP contribution in [0.4, 0.5) is 0 Å². The fourth-order valence-corrected chi connectivity index (χ4v) is 1.72. The van der Waals surface area contributed by atoms with Gasteiger partial charge in [0, 0.05) is 17.3 Å². The topological polar surface area (TPSA) is 51.0 Å². The summed E-state index contributed by atoms with van der Waals surface area (Å²) in [6.07, 6.45) is 2.03. The number of nitrogens with one attached hydrogen (secondary N) is 1. The van der Waals surface area contributed by atoms with Gasteiger partial charge in [0.25, 0.3) is 0 Å². The maximum atomic E-state index is 5.48. The molecule has 1 aromatic carbocycles. The molecule has 0 saturated carbocycles. The third-order valence-electron chi connectivity index (χ3n) is 2.54. The number of ether oxygens (including phenoxy) is 1. The first-order valence-electron chi connectivity index (χ1n) is 5.19. The summed E-state index contributed by atoms with van der Waals surface area (Å²) in [7, 11) is 1.68. The molecule has 80 valence electrons. The number of H-pyrrole nitrogens is 1. The predicted molar refractivity (Wildman–Crippen MR) is 62.2 cm³/mol. The molecule has 0 unspecified atom stereocenters. The number of nitrogens with two attached hydrogens (primary N) is 1. The molecular weight excluding hydrogens is 188 g/mol. The van der Waals surface area contributed by atoms with Crippen molar-refractivity contribution in [1.29, 1.82) is 0 Å². The fraction of sp³-hybridized carbons (Fsp3) is 0.333. The van der Waals surface area contributed by atoms with Crippen LogP contribution in [0.5, 0.6) is 5.75 Å². The van der Waals surface area contributed by atoms with Crippen LogP contribution in [0.1, 0.15) is 12.1 Å². The number of hydrogen-bond donors (Lipinski definition) is 2. The Morgan fingerprint density at radius 3 is 2.93 bits per heavy atom. The van der Waals surface area contributed by atoms with Crippen molar-refractivity contribution in [1.82, 2.24) is 4.98 Å². The van der Waals surface area contributed by atoms with E-state index in [4.69, 9.17) is 10.5 Å². The molecule has 3 heteroatoms. The van der Waals surface area contributed by atoms with Crippen LogP contribution in [0, 0.1) is 0 Å². The number of aromatic amines is 1. The van der Waals surface area contributed by atoms with Crippen LogP contribution in [-0.2, 0) is 6.42 Å². The number of rotatable bonds is 4. The number of benzene rings is 1. The summed E-state index contributed by atoms with van der Waals surface area (Å²) >= 11 is 0. The highest BCUT2D eigenvalue weighted by molar-refractivity contribution is 5.81. The maximum Gasteiger partial charge on any atom is 0.120 e. The van der Waals surface area contributed by atoms with Crippen LogP contribution in [-0.4, -0.2) is 18.6 Å². The summed E-state index contributed by atoms with van der Waals surface area (Å²) < 4.78 is 5.17. The lowest BCUT2D eigenvalue weighted by molar-refractivity contribution is 0.415. The SMILES string of the molecule is COc1ccc2cc(CCCN)[nH]c2c1. The highest BCUT2D eigenvalue weighted by Crippen LogP contribution is 2.21. The van der Waals surface area contributed by atoms with Gasteiger partial charge in [-0.25, -0.2) is 0 Å². The van der Waals surface area contributed by atoms with Crippen LogP contribution in [0.15, 0.2) is 24.3 Å². The lowest BCUT2D eigenvalue weighted by Crippen LogP contribution is -2.00. The van der Waals surface area contributed by atoms with Crippen molar-refractivity contribution in [2.24, 2.45) is 5.73 Å². The average Bonchev–Trinajstić information content (AvgIpc) is 2.67. The lowest BCUT2D eigenvalue weighted by Gasteiger charge is -1.97. The van der Waals surface area contributed by atoms with Crippen molar-refractivity contribution in [3.05, 3.63) is 30.0 Å². The molecule has 2 aromatic rings. The highest BCUT2D eigenvalue weighted by Gasteiger charge is 2.01. The van der Waals surface area contributed by atoms with Crippen molar-refractivity contribution in [3.8, 4) is 5.75 Å². The van der Waals surface area contributed by atoms with E-state index >= 15 is 0 Å². The third kappa shape index (κ3) is 2.13. The molecule has 0 spiro atoms. The average molecular weight is 204 g/mol. The van der Waals surface area contributed by atoms with Gasteiger partial charge in [-0.3, -0.25) is 0 Å². The Bertz CT molecular complexity index is 448. The van der Waals surface area contributed by atoms with E-state index in [2.05, 4.69) is 17.1 Å². The molecule has 15 heavy (non-hydrogen) atoms. The van der Waals surface area contributed by atoms with Gasteiger partial charge in [-0.2, -0.15) is 0 Å². The zero-order chi connectivity index (χ0) is 10.7. The van der Waals surface area contributed by atoms with Crippen molar-refractivity contribution in [2.45, 2.75) is 12.8 Å². The second-order valence-electron chi connectivity index (χ2n) is 3.64. The standard InChI is InChI=1S/C12H16N2O/c1-15-11-5-4-9-7-10(3-2-6-13)14-12(9)8-11/h4-5,7-8,14H,2-3,6,13H2,1H3. The third-order valence-corrected chi connectivity index (χ3v) is 2.54. The number of aryl methyl sites for hydroxylation is 1. The molecule has 0 saturated heterocycles. The normalized spacial score (nSPS) is 10.8. The molecule has 0 amide bonds. The molecule has 2 rings (SSSR count). The van der Waals surface area contributed by atoms with Crippen LogP contribution in [0.25, 0.3) is 10.9 Å². The number of aromatic nitrogens is 1. The Morgan fingerprint density at radius 2 is 2.20 bits per heavy atom. The van der Waals surface area contributed by atoms with E-state index in [1.165, 1.54) is 11.1 Å². The first-order valence-corrected chi connectivity index (χ1v) is 5.19. The first-order chi connectivity index (χ1) is 7.33. The Hall–Kier alpha value is -1.48. The minimum Gasteiger partial charge on any atom is -0.497 e. The maximum absolute atomic E-state index is 5.48. The summed E-state index contributed by atoms with van der Waals surface area (Å²) in [5.74, 6) is 0.884. The minimum atomic E-state index is 0.735. The van der Waals surface area contributed by atoms with Crippen molar-refractivity contribution in [2.75, 3.05) is 13.7 Å². The van der Waals surface area contributed by atoms with Crippen LogP contribution in [0.3, 0.4) is 0 Å². The van der Waals surface area contributed by atoms with Crippen molar-refractivity contribution in [3.63, 3.8) is 0 Å². The number of methoxy groups -OCH3 is 1. The predicted octanol–water partition coefficient (Wildman–Crippen LogP) is 2.07. The summed E-state index contributed by atoms with van der Waals surface area (Å²) in [5.41, 5.74) is 7.85. The Balaban J connectivity index is 2.29. The number of hydrogen-bond acceptors (Lipinski definition) is 2. The lowest BCUT2D eigenvalue weighted by atomic mass is 10.2. The molecule has 1 aromatic heterocycles. The van der Waals surface area contributed by atoms with Gasteiger partial charge >= 0.3 is 0 Å². The Kier molecular flexibility index (Phi) is 2.92. The van der Waals surface area contributed by atoms with Gasteiger partial charge in [-0.1, -0.05) is 0 Å². The fourth-order valence-electron chi connectivity index (χ4n) is 1.72. The second-order valence-corrected chi connectivity index (χ2v) is 3.64. The molecule has 0 bridgehead atoms. The molecule has 0 aliphatic rings. The van der Waals surface area contributed by atoms with Gasteiger partial charge in [-0.15, -0.1) is 0 Å². The molecule has 0 atom stereocenters. The molecule has 0 aliphatic heterocycles. The number of fused-ring (bicyclic) bond motifs is 1. The second kappa shape index (κ2) is 4.36. The van der Waals surface area contributed by atoms with E-state index < -0.39 is 0 Å². The summed E-state index contributed by atoms with van der Waals surface area (Å²) in [6, 6.07) is 8.23. The largest absolute Gasteiger partial charge is 0.497 e. The van der Waals surface area contributed by atoms with Gasteiger partial charge in [0.05, 0.1) is 7.11 Å². The molecule has 3 nitrogen and oxygen atoms in total. The summed E-state index contributed by atoms with van der Waals surface area (Å²) in [6.45, 7) is 0.735. The molecule has 0 aliphatic carbocycles. The monoisotopic (exact) mass is 204 g/mol. The summed E-state index contributed by atoms with van der Waals surface area (Å²) in [5, 5.41) is 1.22. The van der Waals surface area contributed by atoms with E-state index in [1.807, 2.05) is 12.1 Å². The van der Waals surface area contributed by atoms with E-state index in [0.29, 0.717) is 0 Å². The summed E-state index contributed by atoms with van der Waals surface area (Å²) in [4.78, 5) is 3.37. The molecule has 1 heterocycles. The Morgan fingerprint density at radius 1 is 1.33 bits per heavy atom. The Labute approximate surface area is 89.2 Å². The quantitative estimate of drug-likeness (QED) is 0.801. The van der Waals surface area contributed by atoms with Crippen LogP contribution >= 0.6 is 0 Å². The van der Waals surface area contributed by atoms with Gasteiger partial charge in [0.2, 0.25) is 0 Å². The zero-order valence-corrected chi connectivity index (χ0v) is 8.92. The van der Waals surface area contributed by atoms with E-state index in [-0.39, 0.29) is 0 Å². The molecular formula is C12H16N2O. The molecule has 0 radical (unpaired) electrons. The van der Waals surface area contributed by atoms with Crippen LogP contribution in [0.2, 0.25) is 0 Å².